The highest BCUT2D eigenvalue weighted by molar-refractivity contribution is 7.80. The predicted molar refractivity (Wildman–Crippen MR) is 75.8 cm³/mol. The molecular weight excluding hydrogens is 230 g/mol. The van der Waals surface area contributed by atoms with Crippen LogP contribution in [0.3, 0.4) is 0 Å². The normalized spacial score (nSPS) is 12.8. The number of para-hydroxylation sites is 1. The summed E-state index contributed by atoms with van der Waals surface area (Å²) < 4.78 is 1.86. The molecule has 1 atom stereocenters. The number of nitrogens with zero attached hydrogens (tertiary/aromatic N) is 1. The van der Waals surface area contributed by atoms with Gasteiger partial charge in [0.2, 0.25) is 0 Å². The molecule has 0 saturated heterocycles. The zero-order chi connectivity index (χ0) is 12.3. The smallest absolute Gasteiger partial charge is 0.251 e. The van der Waals surface area contributed by atoms with Gasteiger partial charge in [-0.1, -0.05) is 31.5 Å². The molecule has 0 bridgehead atoms. The van der Waals surface area contributed by atoms with E-state index in [1.807, 2.05) is 34.9 Å². The number of pyridine rings is 1. The minimum atomic E-state index is 0.0731. The molecule has 1 heterocycles. The maximum absolute atomic E-state index is 11.9. The Kier molecular flexibility index (Phi) is 3.89. The molecule has 2 nitrogen and oxygen atoms in total. The van der Waals surface area contributed by atoms with Crippen LogP contribution in [0.4, 0.5) is 0 Å². The second kappa shape index (κ2) is 5.41. The van der Waals surface area contributed by atoms with E-state index in [-0.39, 0.29) is 5.56 Å². The van der Waals surface area contributed by atoms with Crippen LogP contribution >= 0.6 is 12.6 Å². The lowest BCUT2D eigenvalue weighted by molar-refractivity contribution is 0.478. The molecular formula is C14H17NOS. The van der Waals surface area contributed by atoms with Crippen molar-refractivity contribution in [3.63, 3.8) is 0 Å². The van der Waals surface area contributed by atoms with E-state index in [1.54, 1.807) is 6.07 Å². The van der Waals surface area contributed by atoms with Gasteiger partial charge in [0.05, 0.1) is 5.52 Å². The summed E-state index contributed by atoms with van der Waals surface area (Å²) in [4.78, 5) is 11.9. The third kappa shape index (κ3) is 2.55. The van der Waals surface area contributed by atoms with Crippen LogP contribution in [0.15, 0.2) is 41.2 Å². The van der Waals surface area contributed by atoms with Gasteiger partial charge in [0, 0.05) is 12.6 Å². The Hall–Kier alpha value is -1.22. The zero-order valence-electron chi connectivity index (χ0n) is 9.97. The number of thiol groups is 1. The minimum Gasteiger partial charge on any atom is -0.308 e. The molecule has 1 aromatic carbocycles. The van der Waals surface area contributed by atoms with E-state index in [4.69, 9.17) is 0 Å². The van der Waals surface area contributed by atoms with E-state index < -0.39 is 0 Å². The minimum absolute atomic E-state index is 0.0731. The standard InChI is InChI=1S/C14H17NOS/c1-2-11(10-17)9-15-13-6-4-3-5-12(13)7-8-14(15)16/h3-8,11,17H,2,9-10H2,1H3. The first-order chi connectivity index (χ1) is 8.26. The summed E-state index contributed by atoms with van der Waals surface area (Å²) >= 11 is 4.34. The summed E-state index contributed by atoms with van der Waals surface area (Å²) in [6, 6.07) is 11.5. The summed E-state index contributed by atoms with van der Waals surface area (Å²) in [5.74, 6) is 1.26. The van der Waals surface area contributed by atoms with Gasteiger partial charge in [-0.3, -0.25) is 4.79 Å². The molecule has 0 aliphatic rings. The molecule has 0 spiro atoms. The van der Waals surface area contributed by atoms with E-state index in [0.717, 1.165) is 29.6 Å². The molecule has 17 heavy (non-hydrogen) atoms. The number of aromatic nitrogens is 1. The number of hydrogen-bond donors (Lipinski definition) is 1. The number of rotatable bonds is 4. The Bertz CT molecular complexity index is 557. The van der Waals surface area contributed by atoms with Gasteiger partial charge in [0.15, 0.2) is 0 Å². The fourth-order valence-corrected chi connectivity index (χ4v) is 2.38. The van der Waals surface area contributed by atoms with Crippen LogP contribution in [0.5, 0.6) is 0 Å². The molecule has 3 heteroatoms. The third-order valence-corrected chi connectivity index (χ3v) is 3.69. The summed E-state index contributed by atoms with van der Waals surface area (Å²) in [7, 11) is 0. The summed E-state index contributed by atoms with van der Waals surface area (Å²) in [5.41, 5.74) is 1.09. The second-order valence-electron chi connectivity index (χ2n) is 4.30. The highest BCUT2D eigenvalue weighted by Crippen LogP contribution is 2.14. The van der Waals surface area contributed by atoms with Crippen molar-refractivity contribution in [2.45, 2.75) is 19.9 Å². The molecule has 0 fully saturated rings. The van der Waals surface area contributed by atoms with Crippen molar-refractivity contribution in [1.29, 1.82) is 0 Å². The monoisotopic (exact) mass is 247 g/mol. The molecule has 0 N–H and O–H groups in total. The molecule has 2 aromatic rings. The average Bonchev–Trinajstić information content (AvgIpc) is 2.38. The van der Waals surface area contributed by atoms with Gasteiger partial charge in [-0.2, -0.15) is 12.6 Å². The van der Waals surface area contributed by atoms with E-state index in [9.17, 15) is 4.79 Å². The molecule has 90 valence electrons. The van der Waals surface area contributed by atoms with Crippen LogP contribution in [0.1, 0.15) is 13.3 Å². The van der Waals surface area contributed by atoms with Crippen molar-refractivity contribution in [2.24, 2.45) is 5.92 Å². The summed E-state index contributed by atoms with van der Waals surface area (Å²) in [6.07, 6.45) is 1.04. The summed E-state index contributed by atoms with van der Waals surface area (Å²) in [6.45, 7) is 2.89. The molecule has 0 saturated carbocycles. The van der Waals surface area contributed by atoms with Crippen LogP contribution in [-0.4, -0.2) is 10.3 Å². The van der Waals surface area contributed by atoms with E-state index in [0.29, 0.717) is 5.92 Å². The first-order valence-electron chi connectivity index (χ1n) is 5.95. The first kappa shape index (κ1) is 12.2. The molecule has 0 radical (unpaired) electrons. The zero-order valence-corrected chi connectivity index (χ0v) is 10.9. The Morgan fingerprint density at radius 1 is 1.24 bits per heavy atom. The quantitative estimate of drug-likeness (QED) is 0.824. The highest BCUT2D eigenvalue weighted by atomic mass is 32.1. The van der Waals surface area contributed by atoms with Crippen molar-refractivity contribution < 1.29 is 0 Å². The lowest BCUT2D eigenvalue weighted by Gasteiger charge is -2.16. The lowest BCUT2D eigenvalue weighted by atomic mass is 10.1. The van der Waals surface area contributed by atoms with Crippen molar-refractivity contribution >= 4 is 23.5 Å². The largest absolute Gasteiger partial charge is 0.308 e. The topological polar surface area (TPSA) is 22.0 Å². The number of hydrogen-bond acceptors (Lipinski definition) is 2. The molecule has 0 aliphatic carbocycles. The third-order valence-electron chi connectivity index (χ3n) is 3.18. The van der Waals surface area contributed by atoms with E-state index >= 15 is 0 Å². The highest BCUT2D eigenvalue weighted by Gasteiger charge is 2.08. The van der Waals surface area contributed by atoms with Gasteiger partial charge in [0.25, 0.3) is 5.56 Å². The Labute approximate surface area is 107 Å². The van der Waals surface area contributed by atoms with Crippen molar-refractivity contribution in [1.82, 2.24) is 4.57 Å². The SMILES string of the molecule is CCC(CS)Cn1c(=O)ccc2ccccc21. The molecule has 1 aromatic heterocycles. The van der Waals surface area contributed by atoms with Gasteiger partial charge >= 0.3 is 0 Å². The van der Waals surface area contributed by atoms with Crippen LogP contribution in [0.25, 0.3) is 10.9 Å². The van der Waals surface area contributed by atoms with Gasteiger partial charge < -0.3 is 4.57 Å². The van der Waals surface area contributed by atoms with Gasteiger partial charge in [0.1, 0.15) is 0 Å². The van der Waals surface area contributed by atoms with Gasteiger partial charge in [-0.25, -0.2) is 0 Å². The van der Waals surface area contributed by atoms with E-state index in [2.05, 4.69) is 19.6 Å². The van der Waals surface area contributed by atoms with E-state index in [1.165, 1.54) is 0 Å². The molecule has 0 aliphatic heterocycles. The van der Waals surface area contributed by atoms with Crippen LogP contribution in [-0.2, 0) is 6.54 Å². The maximum Gasteiger partial charge on any atom is 0.251 e. The predicted octanol–water partition coefficient (Wildman–Crippen LogP) is 2.96. The number of fused-ring (bicyclic) bond motifs is 1. The Morgan fingerprint density at radius 2 is 2.00 bits per heavy atom. The maximum atomic E-state index is 11.9. The average molecular weight is 247 g/mol. The molecule has 1 unspecified atom stereocenters. The second-order valence-corrected chi connectivity index (χ2v) is 4.66. The molecule has 0 amide bonds. The fourth-order valence-electron chi connectivity index (χ4n) is 2.01. The Balaban J connectivity index is 2.51. The lowest BCUT2D eigenvalue weighted by Crippen LogP contribution is -2.24. The van der Waals surface area contributed by atoms with Crippen molar-refractivity contribution in [2.75, 3.05) is 5.75 Å². The number of benzene rings is 1. The van der Waals surface area contributed by atoms with Crippen molar-refractivity contribution in [3.05, 3.63) is 46.8 Å². The van der Waals surface area contributed by atoms with Gasteiger partial charge in [-0.05, 0) is 29.2 Å². The van der Waals surface area contributed by atoms with Crippen LogP contribution < -0.4 is 5.56 Å². The summed E-state index contributed by atoms with van der Waals surface area (Å²) in [5, 5.41) is 1.11. The Morgan fingerprint density at radius 3 is 2.71 bits per heavy atom. The van der Waals surface area contributed by atoms with Gasteiger partial charge in [-0.15, -0.1) is 0 Å². The van der Waals surface area contributed by atoms with Crippen LogP contribution in [0, 0.1) is 5.92 Å². The fraction of sp³-hybridized carbons (Fsp3) is 0.357. The first-order valence-corrected chi connectivity index (χ1v) is 6.59. The molecule has 2 rings (SSSR count). The van der Waals surface area contributed by atoms with Crippen LogP contribution in [0.2, 0.25) is 0 Å². The van der Waals surface area contributed by atoms with Crippen molar-refractivity contribution in [3.8, 4) is 0 Å².